The maximum absolute atomic E-state index is 11.2. The quantitative estimate of drug-likeness (QED) is 0.882. The number of benzene rings is 2. The van der Waals surface area contributed by atoms with E-state index in [4.69, 9.17) is 19.7 Å². The van der Waals surface area contributed by atoms with Crippen molar-refractivity contribution >= 4 is 11.9 Å². The van der Waals surface area contributed by atoms with Gasteiger partial charge in [-0.15, -0.1) is 0 Å². The van der Waals surface area contributed by atoms with Crippen LogP contribution in [0.4, 0.5) is 0 Å². The summed E-state index contributed by atoms with van der Waals surface area (Å²) >= 11 is 0. The highest BCUT2D eigenvalue weighted by molar-refractivity contribution is 5.96. The normalized spacial score (nSPS) is 10.1. The summed E-state index contributed by atoms with van der Waals surface area (Å²) in [4.78, 5) is 22.3. The van der Waals surface area contributed by atoms with Crippen LogP contribution in [-0.2, 0) is 0 Å². The fourth-order valence-electron chi connectivity index (χ4n) is 2.02. The summed E-state index contributed by atoms with van der Waals surface area (Å²) in [5.74, 6) is -1.35. The summed E-state index contributed by atoms with van der Waals surface area (Å²) in [7, 11) is 2.99. The van der Waals surface area contributed by atoms with Crippen LogP contribution < -0.4 is 9.47 Å². The maximum Gasteiger partial charge on any atom is 0.335 e. The van der Waals surface area contributed by atoms with E-state index < -0.39 is 11.9 Å². The molecule has 2 N–H and O–H groups in total. The van der Waals surface area contributed by atoms with Gasteiger partial charge in [0.05, 0.1) is 25.3 Å². The lowest BCUT2D eigenvalue weighted by molar-refractivity contribution is 0.0696. The third-order valence-corrected chi connectivity index (χ3v) is 3.11. The Morgan fingerprint density at radius 1 is 0.727 bits per heavy atom. The molecule has 22 heavy (non-hydrogen) atoms. The lowest BCUT2D eigenvalue weighted by atomic mass is 9.99. The van der Waals surface area contributed by atoms with Crippen molar-refractivity contribution in [3.05, 3.63) is 47.5 Å². The van der Waals surface area contributed by atoms with Gasteiger partial charge in [0.1, 0.15) is 11.5 Å². The van der Waals surface area contributed by atoms with Crippen molar-refractivity contribution in [2.45, 2.75) is 0 Å². The van der Waals surface area contributed by atoms with Gasteiger partial charge in [-0.25, -0.2) is 9.59 Å². The largest absolute Gasteiger partial charge is 0.497 e. The molecule has 0 radical (unpaired) electrons. The average Bonchev–Trinajstić information content (AvgIpc) is 2.53. The predicted octanol–water partition coefficient (Wildman–Crippen LogP) is 2.77. The molecule has 0 aromatic heterocycles. The number of carboxylic acids is 2. The van der Waals surface area contributed by atoms with Crippen LogP contribution in [0.15, 0.2) is 36.4 Å². The van der Waals surface area contributed by atoms with E-state index in [1.165, 1.54) is 26.4 Å². The molecule has 0 amide bonds. The number of hydrogen-bond acceptors (Lipinski definition) is 4. The molecule has 6 heteroatoms. The molecule has 0 unspecified atom stereocenters. The minimum Gasteiger partial charge on any atom is -0.497 e. The monoisotopic (exact) mass is 302 g/mol. The standard InChI is InChI=1S/C16H14O6/c1-21-13-6-10(7-14(8-13)22-2)9-3-11(15(17)18)5-12(4-9)16(19)20/h3-8H,1-2H3,(H,17,18)(H,19,20). The molecule has 0 fully saturated rings. The molecule has 114 valence electrons. The molecule has 0 saturated heterocycles. The molecule has 2 rings (SSSR count). The third kappa shape index (κ3) is 3.17. The van der Waals surface area contributed by atoms with Gasteiger partial charge < -0.3 is 19.7 Å². The van der Waals surface area contributed by atoms with Crippen LogP contribution in [0.5, 0.6) is 11.5 Å². The van der Waals surface area contributed by atoms with Crippen molar-refractivity contribution in [1.82, 2.24) is 0 Å². The zero-order valence-corrected chi connectivity index (χ0v) is 12.0. The van der Waals surface area contributed by atoms with E-state index in [0.29, 0.717) is 22.6 Å². The van der Waals surface area contributed by atoms with Gasteiger partial charge in [0.15, 0.2) is 0 Å². The molecule has 0 aliphatic heterocycles. The Labute approximate surface area is 126 Å². The minimum absolute atomic E-state index is 0.100. The first kappa shape index (κ1) is 15.4. The highest BCUT2D eigenvalue weighted by atomic mass is 16.5. The van der Waals surface area contributed by atoms with Gasteiger partial charge in [-0.1, -0.05) is 0 Å². The summed E-state index contributed by atoms with van der Waals surface area (Å²) in [6, 6.07) is 8.95. The number of carbonyl (C=O) groups is 2. The Balaban J connectivity index is 2.65. The van der Waals surface area contributed by atoms with E-state index >= 15 is 0 Å². The fraction of sp³-hybridized carbons (Fsp3) is 0.125. The smallest absolute Gasteiger partial charge is 0.335 e. The lowest BCUT2D eigenvalue weighted by Gasteiger charge is -2.10. The highest BCUT2D eigenvalue weighted by Crippen LogP contribution is 2.31. The number of carboxylic acid groups (broad SMARTS) is 2. The van der Waals surface area contributed by atoms with E-state index in [0.717, 1.165) is 6.07 Å². The minimum atomic E-state index is -1.20. The number of rotatable bonds is 5. The van der Waals surface area contributed by atoms with E-state index in [2.05, 4.69) is 0 Å². The van der Waals surface area contributed by atoms with Crippen LogP contribution in [0.1, 0.15) is 20.7 Å². The Morgan fingerprint density at radius 3 is 1.50 bits per heavy atom. The van der Waals surface area contributed by atoms with Crippen LogP contribution in [0, 0.1) is 0 Å². The van der Waals surface area contributed by atoms with Crippen LogP contribution in [0.2, 0.25) is 0 Å². The molecule has 2 aromatic rings. The van der Waals surface area contributed by atoms with Gasteiger partial charge in [-0.3, -0.25) is 0 Å². The topological polar surface area (TPSA) is 93.1 Å². The first-order chi connectivity index (χ1) is 10.4. The molecule has 0 atom stereocenters. The molecular weight excluding hydrogens is 288 g/mol. The second-order valence-electron chi connectivity index (χ2n) is 4.51. The van der Waals surface area contributed by atoms with Crippen LogP contribution in [0.3, 0.4) is 0 Å². The Morgan fingerprint density at radius 2 is 1.14 bits per heavy atom. The third-order valence-electron chi connectivity index (χ3n) is 3.11. The second kappa shape index (κ2) is 6.17. The fourth-order valence-corrected chi connectivity index (χ4v) is 2.02. The Hall–Kier alpha value is -3.02. The van der Waals surface area contributed by atoms with Gasteiger partial charge >= 0.3 is 11.9 Å². The first-order valence-corrected chi connectivity index (χ1v) is 6.29. The average molecular weight is 302 g/mol. The zero-order valence-electron chi connectivity index (χ0n) is 12.0. The van der Waals surface area contributed by atoms with Crippen molar-refractivity contribution < 1.29 is 29.3 Å². The lowest BCUT2D eigenvalue weighted by Crippen LogP contribution is -2.03. The summed E-state index contributed by atoms with van der Waals surface area (Å²) < 4.78 is 10.3. The van der Waals surface area contributed by atoms with Crippen molar-refractivity contribution in [3.63, 3.8) is 0 Å². The van der Waals surface area contributed by atoms with Gasteiger partial charge in [0, 0.05) is 6.07 Å². The second-order valence-corrected chi connectivity index (χ2v) is 4.51. The van der Waals surface area contributed by atoms with E-state index in [1.54, 1.807) is 18.2 Å². The molecule has 0 spiro atoms. The molecule has 0 saturated carbocycles. The number of ether oxygens (including phenoxy) is 2. The van der Waals surface area contributed by atoms with Crippen LogP contribution in [-0.4, -0.2) is 36.4 Å². The number of hydrogen-bond donors (Lipinski definition) is 2. The molecular formula is C16H14O6. The van der Waals surface area contributed by atoms with Gasteiger partial charge in [0.25, 0.3) is 0 Å². The SMILES string of the molecule is COc1cc(OC)cc(-c2cc(C(=O)O)cc(C(=O)O)c2)c1. The molecule has 2 aromatic carbocycles. The van der Waals surface area contributed by atoms with E-state index in [9.17, 15) is 9.59 Å². The van der Waals surface area contributed by atoms with Crippen LogP contribution >= 0.6 is 0 Å². The molecule has 0 aliphatic rings. The van der Waals surface area contributed by atoms with E-state index in [1.807, 2.05) is 0 Å². The van der Waals surface area contributed by atoms with Gasteiger partial charge in [0.2, 0.25) is 0 Å². The van der Waals surface area contributed by atoms with Gasteiger partial charge in [-0.2, -0.15) is 0 Å². The van der Waals surface area contributed by atoms with Crippen molar-refractivity contribution in [2.24, 2.45) is 0 Å². The maximum atomic E-state index is 11.2. The molecule has 0 aliphatic carbocycles. The van der Waals surface area contributed by atoms with E-state index in [-0.39, 0.29) is 11.1 Å². The number of aromatic carboxylic acids is 2. The highest BCUT2D eigenvalue weighted by Gasteiger charge is 2.13. The van der Waals surface area contributed by atoms with Crippen LogP contribution in [0.25, 0.3) is 11.1 Å². The summed E-state index contributed by atoms with van der Waals surface area (Å²) in [6.07, 6.45) is 0. The first-order valence-electron chi connectivity index (χ1n) is 6.29. The van der Waals surface area contributed by atoms with Crippen molar-refractivity contribution in [2.75, 3.05) is 14.2 Å². The van der Waals surface area contributed by atoms with Crippen molar-refractivity contribution in [3.8, 4) is 22.6 Å². The van der Waals surface area contributed by atoms with Gasteiger partial charge in [-0.05, 0) is 41.5 Å². The molecule has 0 heterocycles. The number of methoxy groups -OCH3 is 2. The molecule has 0 bridgehead atoms. The zero-order chi connectivity index (χ0) is 16.3. The molecule has 6 nitrogen and oxygen atoms in total. The summed E-state index contributed by atoms with van der Waals surface area (Å²) in [6.45, 7) is 0. The summed E-state index contributed by atoms with van der Waals surface area (Å²) in [5.41, 5.74) is 0.852. The van der Waals surface area contributed by atoms with Crippen molar-refractivity contribution in [1.29, 1.82) is 0 Å². The Bertz CT molecular complexity index is 681. The summed E-state index contributed by atoms with van der Waals surface area (Å²) in [5, 5.41) is 18.2. The predicted molar refractivity (Wildman–Crippen MR) is 78.9 cm³/mol. The Kier molecular flexibility index (Phi) is 4.31.